The number of rotatable bonds is 8. The van der Waals surface area contributed by atoms with E-state index in [2.05, 4.69) is 96.4 Å². The molecule has 3 aromatic rings. The molecule has 3 aromatic carbocycles. The number of ether oxygens (including phenoxy) is 2. The van der Waals surface area contributed by atoms with Crippen molar-refractivity contribution in [3.63, 3.8) is 0 Å². The first kappa shape index (κ1) is 23.9. The highest BCUT2D eigenvalue weighted by atomic mass is 16.5. The van der Waals surface area contributed by atoms with E-state index in [1.165, 1.54) is 30.5 Å². The Bertz CT molecular complexity index is 1050. The maximum Gasteiger partial charge on any atom is 0.127 e. The molecule has 2 heterocycles. The van der Waals surface area contributed by atoms with E-state index < -0.39 is 0 Å². The summed E-state index contributed by atoms with van der Waals surface area (Å²) < 4.78 is 12.0. The molecule has 0 aliphatic carbocycles. The normalized spacial score (nSPS) is 20.8. The minimum atomic E-state index is 0.126. The van der Waals surface area contributed by atoms with Crippen molar-refractivity contribution in [1.29, 1.82) is 0 Å². The van der Waals surface area contributed by atoms with Crippen molar-refractivity contribution in [1.82, 2.24) is 9.80 Å². The highest BCUT2D eigenvalue weighted by Gasteiger charge is 2.42. The van der Waals surface area contributed by atoms with Crippen molar-refractivity contribution in [2.75, 3.05) is 26.7 Å². The molecule has 2 aliphatic rings. The van der Waals surface area contributed by atoms with E-state index in [0.717, 1.165) is 36.7 Å². The summed E-state index contributed by atoms with van der Waals surface area (Å²) in [5.74, 6) is 2.19. The Labute approximate surface area is 210 Å². The van der Waals surface area contributed by atoms with Gasteiger partial charge in [-0.3, -0.25) is 9.80 Å². The van der Waals surface area contributed by atoms with Gasteiger partial charge in [0.25, 0.3) is 0 Å². The Morgan fingerprint density at radius 1 is 0.829 bits per heavy atom. The van der Waals surface area contributed by atoms with E-state index in [1.807, 2.05) is 6.07 Å². The number of hydrogen-bond donors (Lipinski definition) is 0. The molecule has 2 saturated heterocycles. The van der Waals surface area contributed by atoms with Crippen molar-refractivity contribution < 1.29 is 9.47 Å². The first-order valence-corrected chi connectivity index (χ1v) is 13.0. The van der Waals surface area contributed by atoms with E-state index in [9.17, 15) is 0 Å². The summed E-state index contributed by atoms with van der Waals surface area (Å²) in [6.45, 7) is 8.30. The number of methoxy groups -OCH3 is 1. The van der Waals surface area contributed by atoms with E-state index in [4.69, 9.17) is 9.47 Å². The summed E-state index contributed by atoms with van der Waals surface area (Å²) in [5.41, 5.74) is 3.96. The fraction of sp³-hybridized carbons (Fsp3) is 0.419. The number of piperazine rings is 1. The van der Waals surface area contributed by atoms with Crippen LogP contribution in [0.2, 0.25) is 0 Å². The summed E-state index contributed by atoms with van der Waals surface area (Å²) >= 11 is 0. The lowest BCUT2D eigenvalue weighted by molar-refractivity contribution is 0.0374. The summed E-state index contributed by atoms with van der Waals surface area (Å²) in [6.07, 6.45) is 2.67. The van der Waals surface area contributed by atoms with Gasteiger partial charge in [0.2, 0.25) is 0 Å². The first-order chi connectivity index (χ1) is 17.1. The van der Waals surface area contributed by atoms with Crippen LogP contribution in [-0.2, 0) is 6.54 Å². The number of hydrogen-bond acceptors (Lipinski definition) is 4. The molecule has 184 valence electrons. The van der Waals surface area contributed by atoms with Gasteiger partial charge in [0.05, 0.1) is 18.8 Å². The molecule has 0 bridgehead atoms. The molecule has 0 amide bonds. The Morgan fingerprint density at radius 3 is 2.11 bits per heavy atom. The van der Waals surface area contributed by atoms with Crippen LogP contribution in [0.3, 0.4) is 0 Å². The van der Waals surface area contributed by atoms with Gasteiger partial charge in [0, 0.05) is 37.6 Å². The van der Waals surface area contributed by atoms with Crippen LogP contribution in [0.25, 0.3) is 0 Å². The summed E-state index contributed by atoms with van der Waals surface area (Å²) in [5, 5.41) is 0. The minimum absolute atomic E-state index is 0.126. The minimum Gasteiger partial charge on any atom is -0.496 e. The van der Waals surface area contributed by atoms with E-state index >= 15 is 0 Å². The Kier molecular flexibility index (Phi) is 7.40. The zero-order valence-corrected chi connectivity index (χ0v) is 21.3. The second-order valence-electron chi connectivity index (χ2n) is 10.2. The van der Waals surface area contributed by atoms with Gasteiger partial charge in [-0.1, -0.05) is 66.7 Å². The van der Waals surface area contributed by atoms with E-state index in [0.29, 0.717) is 18.0 Å². The highest BCUT2D eigenvalue weighted by molar-refractivity contribution is 5.45. The Hall–Kier alpha value is -2.82. The fourth-order valence-corrected chi connectivity index (χ4v) is 6.10. The van der Waals surface area contributed by atoms with Crippen LogP contribution in [0.4, 0.5) is 0 Å². The molecular formula is C31H38N2O2. The molecule has 35 heavy (non-hydrogen) atoms. The molecule has 0 spiro atoms. The predicted octanol–water partition coefficient (Wildman–Crippen LogP) is 5.96. The third-order valence-corrected chi connectivity index (χ3v) is 7.52. The van der Waals surface area contributed by atoms with Crippen LogP contribution in [0.1, 0.15) is 49.3 Å². The van der Waals surface area contributed by atoms with Crippen LogP contribution >= 0.6 is 0 Å². The molecule has 0 unspecified atom stereocenters. The van der Waals surface area contributed by atoms with Crippen LogP contribution in [0.15, 0.2) is 78.9 Å². The average Bonchev–Trinajstić information content (AvgIpc) is 3.35. The van der Waals surface area contributed by atoms with Crippen molar-refractivity contribution in [2.24, 2.45) is 0 Å². The summed E-state index contributed by atoms with van der Waals surface area (Å²) in [7, 11) is 1.76. The smallest absolute Gasteiger partial charge is 0.127 e. The van der Waals surface area contributed by atoms with Crippen molar-refractivity contribution in [3.8, 4) is 11.5 Å². The van der Waals surface area contributed by atoms with Gasteiger partial charge in [-0.15, -0.1) is 0 Å². The lowest BCUT2D eigenvalue weighted by Crippen LogP contribution is -2.57. The number of nitrogens with zero attached hydrogens (tertiary/aromatic N) is 2. The van der Waals surface area contributed by atoms with E-state index in [1.54, 1.807) is 7.11 Å². The third-order valence-electron chi connectivity index (χ3n) is 7.52. The summed E-state index contributed by atoms with van der Waals surface area (Å²) in [6, 6.07) is 29.3. The van der Waals surface area contributed by atoms with Gasteiger partial charge in [-0.05, 0) is 56.5 Å². The molecule has 0 N–H and O–H groups in total. The number of benzene rings is 3. The van der Waals surface area contributed by atoms with Gasteiger partial charge >= 0.3 is 0 Å². The molecule has 2 fully saturated rings. The molecule has 0 saturated carbocycles. The zero-order chi connectivity index (χ0) is 24.2. The highest BCUT2D eigenvalue weighted by Crippen LogP contribution is 2.39. The van der Waals surface area contributed by atoms with Gasteiger partial charge < -0.3 is 9.47 Å². The summed E-state index contributed by atoms with van der Waals surface area (Å²) in [4.78, 5) is 5.44. The molecular weight excluding hydrogens is 432 g/mol. The maximum absolute atomic E-state index is 6.21. The fourth-order valence-electron chi connectivity index (χ4n) is 6.10. The zero-order valence-electron chi connectivity index (χ0n) is 21.3. The van der Waals surface area contributed by atoms with Crippen molar-refractivity contribution in [3.05, 3.63) is 95.6 Å². The topological polar surface area (TPSA) is 24.9 Å². The second-order valence-corrected chi connectivity index (χ2v) is 10.2. The van der Waals surface area contributed by atoms with Gasteiger partial charge in [0.15, 0.2) is 0 Å². The SMILES string of the molecule is COc1cccc(OC(C)C)c1CN1C[C@@H]2CCCN2[C@H](C(c2ccccc2)c2ccccc2)C1. The molecule has 2 aliphatic heterocycles. The predicted molar refractivity (Wildman–Crippen MR) is 142 cm³/mol. The van der Waals surface area contributed by atoms with Gasteiger partial charge in [0.1, 0.15) is 11.5 Å². The lowest BCUT2D eigenvalue weighted by Gasteiger charge is -2.47. The Morgan fingerprint density at radius 2 is 1.49 bits per heavy atom. The van der Waals surface area contributed by atoms with Gasteiger partial charge in [-0.2, -0.15) is 0 Å². The standard InChI is InChI=1S/C31H38N2O2/c1-23(2)35-30-18-10-17-29(34-3)27(30)21-32-20-26-16-11-19-33(26)28(22-32)31(24-12-6-4-7-13-24)25-14-8-5-9-15-25/h4-10,12-15,17-18,23,26,28,31H,11,16,19-22H2,1-3H3/t26-,28-/m0/s1. The largest absolute Gasteiger partial charge is 0.496 e. The van der Waals surface area contributed by atoms with Crippen molar-refractivity contribution >= 4 is 0 Å². The van der Waals surface area contributed by atoms with Crippen molar-refractivity contribution in [2.45, 2.75) is 57.3 Å². The van der Waals surface area contributed by atoms with Crippen LogP contribution < -0.4 is 9.47 Å². The maximum atomic E-state index is 6.21. The van der Waals surface area contributed by atoms with Gasteiger partial charge in [-0.25, -0.2) is 0 Å². The quantitative estimate of drug-likeness (QED) is 0.405. The van der Waals surface area contributed by atoms with Crippen LogP contribution in [-0.4, -0.2) is 54.7 Å². The lowest BCUT2D eigenvalue weighted by atomic mass is 9.82. The Balaban J connectivity index is 1.49. The molecule has 2 atom stereocenters. The first-order valence-electron chi connectivity index (χ1n) is 13.0. The van der Waals surface area contributed by atoms with Crippen LogP contribution in [0.5, 0.6) is 11.5 Å². The molecule has 4 heteroatoms. The monoisotopic (exact) mass is 470 g/mol. The molecule has 4 nitrogen and oxygen atoms in total. The van der Waals surface area contributed by atoms with Crippen LogP contribution in [0, 0.1) is 0 Å². The molecule has 5 rings (SSSR count). The average molecular weight is 471 g/mol. The second kappa shape index (κ2) is 10.8. The third kappa shape index (κ3) is 5.24. The molecule has 0 radical (unpaired) electrons. The molecule has 0 aromatic heterocycles. The number of fused-ring (bicyclic) bond motifs is 1. The van der Waals surface area contributed by atoms with E-state index in [-0.39, 0.29) is 6.10 Å².